The highest BCUT2D eigenvalue weighted by molar-refractivity contribution is 5.91. The van der Waals surface area contributed by atoms with Crippen LogP contribution in [0.1, 0.15) is 33.3 Å². The molecule has 0 bridgehead atoms. The molecule has 0 fully saturated rings. The van der Waals surface area contributed by atoms with E-state index in [2.05, 4.69) is 28.8 Å². The van der Waals surface area contributed by atoms with Crippen LogP contribution >= 0.6 is 0 Å². The lowest BCUT2D eigenvalue weighted by Crippen LogP contribution is -2.06. The molecule has 0 aromatic carbocycles. The summed E-state index contributed by atoms with van der Waals surface area (Å²) < 4.78 is 5.78. The number of nitrogens with one attached hydrogen (secondary N) is 1. The fraction of sp³-hybridized carbons (Fsp3) is 0.471. The van der Waals surface area contributed by atoms with Crippen molar-refractivity contribution in [1.82, 2.24) is 15.0 Å². The van der Waals surface area contributed by atoms with Crippen molar-refractivity contribution in [3.63, 3.8) is 0 Å². The molecule has 1 N–H and O–H groups in total. The Hall–Kier alpha value is -2.17. The van der Waals surface area contributed by atoms with Crippen LogP contribution < -0.4 is 4.74 Å². The summed E-state index contributed by atoms with van der Waals surface area (Å²) in [5.41, 5.74) is 1.79. The molecule has 0 aliphatic heterocycles. The summed E-state index contributed by atoms with van der Waals surface area (Å²) in [5, 5.41) is 0.893. The van der Waals surface area contributed by atoms with Gasteiger partial charge in [-0.15, -0.1) is 0 Å². The first-order chi connectivity index (χ1) is 10.5. The third-order valence-corrected chi connectivity index (χ3v) is 3.26. The summed E-state index contributed by atoms with van der Waals surface area (Å²) in [5.74, 6) is 1.18. The van der Waals surface area contributed by atoms with Crippen molar-refractivity contribution in [3.8, 4) is 5.88 Å². The van der Waals surface area contributed by atoms with Crippen molar-refractivity contribution in [2.45, 2.75) is 34.1 Å². The summed E-state index contributed by atoms with van der Waals surface area (Å²) in [4.78, 5) is 23.2. The molecule has 0 amide bonds. The fourth-order valence-corrected chi connectivity index (χ4v) is 2.01. The number of fused-ring (bicyclic) bond motifs is 1. The Morgan fingerprint density at radius 2 is 2.09 bits per heavy atom. The molecule has 0 unspecified atom stereocenters. The zero-order valence-electron chi connectivity index (χ0n) is 13.6. The molecule has 5 nitrogen and oxygen atoms in total. The molecule has 5 heteroatoms. The van der Waals surface area contributed by atoms with Crippen LogP contribution in [0.5, 0.6) is 5.88 Å². The predicted molar refractivity (Wildman–Crippen MR) is 86.9 cm³/mol. The van der Waals surface area contributed by atoms with Gasteiger partial charge in [-0.3, -0.25) is 4.79 Å². The van der Waals surface area contributed by atoms with E-state index in [0.29, 0.717) is 24.8 Å². The van der Waals surface area contributed by atoms with E-state index in [0.717, 1.165) is 16.6 Å². The number of aromatic nitrogens is 3. The van der Waals surface area contributed by atoms with Gasteiger partial charge in [-0.05, 0) is 24.0 Å². The van der Waals surface area contributed by atoms with Crippen molar-refractivity contribution < 1.29 is 9.53 Å². The Labute approximate surface area is 130 Å². The third kappa shape index (κ3) is 3.93. The lowest BCUT2D eigenvalue weighted by molar-refractivity contribution is -0.117. The second kappa shape index (κ2) is 7.20. The van der Waals surface area contributed by atoms with Crippen molar-refractivity contribution in [2.24, 2.45) is 11.8 Å². The lowest BCUT2D eigenvalue weighted by Gasteiger charge is -2.09. The number of rotatable bonds is 7. The molecule has 0 aliphatic carbocycles. The van der Waals surface area contributed by atoms with Crippen molar-refractivity contribution >= 4 is 16.8 Å². The van der Waals surface area contributed by atoms with E-state index in [4.69, 9.17) is 4.74 Å². The van der Waals surface area contributed by atoms with Gasteiger partial charge in [0.2, 0.25) is 5.88 Å². The number of hydrogen-bond acceptors (Lipinski definition) is 4. The van der Waals surface area contributed by atoms with E-state index in [9.17, 15) is 4.79 Å². The molecule has 2 aromatic rings. The smallest absolute Gasteiger partial charge is 0.226 e. The maximum absolute atomic E-state index is 11.6. The summed E-state index contributed by atoms with van der Waals surface area (Å²) in [6, 6.07) is 0. The average molecular weight is 301 g/mol. The van der Waals surface area contributed by atoms with Crippen LogP contribution in [0.15, 0.2) is 24.7 Å². The zero-order chi connectivity index (χ0) is 16.1. The zero-order valence-corrected chi connectivity index (χ0v) is 13.6. The molecule has 0 radical (unpaired) electrons. The average Bonchev–Trinajstić information content (AvgIpc) is 2.88. The second-order valence-electron chi connectivity index (χ2n) is 6.08. The summed E-state index contributed by atoms with van der Waals surface area (Å²) in [6.45, 7) is 8.58. The van der Waals surface area contributed by atoms with Crippen molar-refractivity contribution in [1.29, 1.82) is 0 Å². The van der Waals surface area contributed by atoms with Gasteiger partial charge in [0.05, 0.1) is 12.0 Å². The van der Waals surface area contributed by atoms with Gasteiger partial charge in [0.25, 0.3) is 0 Å². The number of ether oxygens (including phenoxy) is 1. The van der Waals surface area contributed by atoms with Crippen LogP contribution in [0.2, 0.25) is 0 Å². The molecule has 2 aromatic heterocycles. The van der Waals surface area contributed by atoms with Crippen LogP contribution in [0.4, 0.5) is 0 Å². The Morgan fingerprint density at radius 3 is 2.77 bits per heavy atom. The molecule has 0 saturated carbocycles. The van der Waals surface area contributed by atoms with Crippen molar-refractivity contribution in [2.75, 3.05) is 6.61 Å². The topological polar surface area (TPSA) is 67.9 Å². The maximum Gasteiger partial charge on any atom is 0.226 e. The minimum Gasteiger partial charge on any atom is -0.477 e. The molecule has 2 rings (SSSR count). The van der Waals surface area contributed by atoms with Gasteiger partial charge in [-0.1, -0.05) is 33.8 Å². The van der Waals surface area contributed by atoms with Crippen LogP contribution in [-0.2, 0) is 11.2 Å². The maximum atomic E-state index is 11.6. The number of carbonyl (C=O) groups is 1. The number of nitrogens with zero attached hydrogens (tertiary/aromatic N) is 2. The molecule has 0 atom stereocenters. The lowest BCUT2D eigenvalue weighted by atomic mass is 10.1. The first-order valence-electron chi connectivity index (χ1n) is 7.63. The summed E-state index contributed by atoms with van der Waals surface area (Å²) in [6.07, 6.45) is 7.55. The van der Waals surface area contributed by atoms with Gasteiger partial charge in [-0.2, -0.15) is 0 Å². The number of ketones is 1. The number of H-pyrrole nitrogens is 1. The van der Waals surface area contributed by atoms with Crippen LogP contribution in [-0.4, -0.2) is 27.3 Å². The Bertz CT molecular complexity index is 672. The third-order valence-electron chi connectivity index (χ3n) is 3.26. The minimum atomic E-state index is 0.0208. The highest BCUT2D eigenvalue weighted by atomic mass is 16.5. The van der Waals surface area contributed by atoms with Gasteiger partial charge in [-0.25, -0.2) is 9.97 Å². The van der Waals surface area contributed by atoms with Crippen LogP contribution in [0, 0.1) is 11.8 Å². The van der Waals surface area contributed by atoms with Gasteiger partial charge < -0.3 is 9.72 Å². The molecule has 0 spiro atoms. The summed E-state index contributed by atoms with van der Waals surface area (Å²) in [7, 11) is 0. The largest absolute Gasteiger partial charge is 0.477 e. The molecule has 0 saturated heterocycles. The number of allylic oxidation sites excluding steroid dienone is 2. The van der Waals surface area contributed by atoms with Gasteiger partial charge in [0.15, 0.2) is 5.78 Å². The van der Waals surface area contributed by atoms with E-state index in [-0.39, 0.29) is 11.7 Å². The first-order valence-corrected chi connectivity index (χ1v) is 7.63. The van der Waals surface area contributed by atoms with E-state index in [1.807, 2.05) is 26.1 Å². The Balaban J connectivity index is 2.21. The van der Waals surface area contributed by atoms with E-state index >= 15 is 0 Å². The SMILES string of the molecule is CC(C)COc1ncnc2[nH]cc(C/C=C/C(=O)C(C)C)c12. The molecular weight excluding hydrogens is 278 g/mol. The monoisotopic (exact) mass is 301 g/mol. The van der Waals surface area contributed by atoms with Crippen LogP contribution in [0.25, 0.3) is 11.0 Å². The fourth-order valence-electron chi connectivity index (χ4n) is 2.01. The molecule has 0 aliphatic rings. The van der Waals surface area contributed by atoms with E-state index in [1.54, 1.807) is 6.08 Å². The summed E-state index contributed by atoms with van der Waals surface area (Å²) >= 11 is 0. The predicted octanol–water partition coefficient (Wildman–Crippen LogP) is 3.32. The van der Waals surface area contributed by atoms with E-state index < -0.39 is 0 Å². The van der Waals surface area contributed by atoms with Gasteiger partial charge in [0.1, 0.15) is 12.0 Å². The van der Waals surface area contributed by atoms with E-state index in [1.165, 1.54) is 6.33 Å². The second-order valence-corrected chi connectivity index (χ2v) is 6.08. The van der Waals surface area contributed by atoms with Crippen molar-refractivity contribution in [3.05, 3.63) is 30.2 Å². The number of carbonyl (C=O) groups excluding carboxylic acids is 1. The standard InChI is InChI=1S/C17H23N3O2/c1-11(2)9-22-17-15-13(6-5-7-14(21)12(3)4)8-18-16(15)19-10-20-17/h5,7-8,10-12H,6,9H2,1-4H3,(H,18,19,20)/b7-5+. The molecule has 2 heterocycles. The first kappa shape index (κ1) is 16.2. The minimum absolute atomic E-state index is 0.0208. The van der Waals surface area contributed by atoms with Gasteiger partial charge >= 0.3 is 0 Å². The normalized spacial score (nSPS) is 11.9. The van der Waals surface area contributed by atoms with Gasteiger partial charge in [0, 0.05) is 12.1 Å². The Kier molecular flexibility index (Phi) is 5.31. The molecular formula is C17H23N3O2. The molecule has 118 valence electrons. The highest BCUT2D eigenvalue weighted by Crippen LogP contribution is 2.26. The highest BCUT2D eigenvalue weighted by Gasteiger charge is 2.12. The number of hydrogen-bond donors (Lipinski definition) is 1. The molecule has 22 heavy (non-hydrogen) atoms. The van der Waals surface area contributed by atoms with Crippen LogP contribution in [0.3, 0.4) is 0 Å². The Morgan fingerprint density at radius 1 is 1.32 bits per heavy atom. The number of aromatic amines is 1. The quantitative estimate of drug-likeness (QED) is 0.797.